The summed E-state index contributed by atoms with van der Waals surface area (Å²) in [7, 11) is 0. The van der Waals surface area contributed by atoms with Crippen molar-refractivity contribution in [2.75, 3.05) is 0 Å². The average Bonchev–Trinajstić information content (AvgIpc) is 2.41. The molecule has 1 aliphatic carbocycles. The predicted octanol–water partition coefficient (Wildman–Crippen LogP) is 1.88. The Kier molecular flexibility index (Phi) is 1.66. The summed E-state index contributed by atoms with van der Waals surface area (Å²) in [5.74, 6) is 0.635. The minimum Gasteiger partial charge on any atom is -0.294 e. The molecule has 0 aliphatic heterocycles. The number of nitrogens with zero attached hydrogens (tertiary/aromatic N) is 1. The standard InChI is InChI=1S/C7H13N/c1-6(2)5-8-7-3-4-7/h5-7H,3-4H2,1-2H3. The van der Waals surface area contributed by atoms with Crippen molar-refractivity contribution >= 4 is 6.21 Å². The summed E-state index contributed by atoms with van der Waals surface area (Å²) in [6, 6.07) is 0.706. The summed E-state index contributed by atoms with van der Waals surface area (Å²) < 4.78 is 0. The molecular weight excluding hydrogens is 98.1 g/mol. The van der Waals surface area contributed by atoms with Gasteiger partial charge in [-0.25, -0.2) is 0 Å². The second-order valence-corrected chi connectivity index (χ2v) is 2.77. The maximum absolute atomic E-state index is 4.31. The Morgan fingerprint density at radius 3 is 2.50 bits per heavy atom. The molecule has 1 saturated carbocycles. The summed E-state index contributed by atoms with van der Waals surface area (Å²) in [5, 5.41) is 0. The molecule has 1 heteroatoms. The molecule has 1 aliphatic rings. The van der Waals surface area contributed by atoms with Crippen molar-refractivity contribution in [1.29, 1.82) is 0 Å². The SMILES string of the molecule is CC(C)C=NC1CC1. The van der Waals surface area contributed by atoms with E-state index in [9.17, 15) is 0 Å². The second-order valence-electron chi connectivity index (χ2n) is 2.77. The molecule has 1 nitrogen and oxygen atoms in total. The molecule has 0 unspecified atom stereocenters. The van der Waals surface area contributed by atoms with Crippen LogP contribution in [0.15, 0.2) is 4.99 Å². The first-order valence-corrected chi connectivity index (χ1v) is 3.32. The Morgan fingerprint density at radius 2 is 2.12 bits per heavy atom. The monoisotopic (exact) mass is 111 g/mol. The van der Waals surface area contributed by atoms with Crippen molar-refractivity contribution in [3.05, 3.63) is 0 Å². The molecule has 0 bridgehead atoms. The third kappa shape index (κ3) is 2.10. The fourth-order valence-electron chi connectivity index (χ4n) is 0.517. The molecule has 0 aromatic heterocycles. The lowest BCUT2D eigenvalue weighted by Gasteiger charge is -1.89. The molecule has 0 heterocycles. The van der Waals surface area contributed by atoms with Crippen LogP contribution in [0.25, 0.3) is 0 Å². The van der Waals surface area contributed by atoms with Crippen molar-refractivity contribution in [3.63, 3.8) is 0 Å². The summed E-state index contributed by atoms with van der Waals surface area (Å²) in [6.45, 7) is 4.32. The molecule has 0 spiro atoms. The number of rotatable bonds is 2. The Labute approximate surface area is 50.8 Å². The van der Waals surface area contributed by atoms with Crippen molar-refractivity contribution in [2.24, 2.45) is 10.9 Å². The summed E-state index contributed by atoms with van der Waals surface area (Å²) >= 11 is 0. The molecule has 0 radical (unpaired) electrons. The number of aliphatic imine (C=N–C) groups is 1. The Morgan fingerprint density at radius 1 is 1.50 bits per heavy atom. The first kappa shape index (κ1) is 5.80. The molecule has 1 fully saturated rings. The summed E-state index contributed by atoms with van der Waals surface area (Å²) in [5.41, 5.74) is 0. The Bertz CT molecular complexity index is 86.6. The van der Waals surface area contributed by atoms with E-state index < -0.39 is 0 Å². The van der Waals surface area contributed by atoms with Gasteiger partial charge in [0.2, 0.25) is 0 Å². The van der Waals surface area contributed by atoms with E-state index in [2.05, 4.69) is 25.1 Å². The quantitative estimate of drug-likeness (QED) is 0.482. The van der Waals surface area contributed by atoms with Crippen LogP contribution >= 0.6 is 0 Å². The van der Waals surface area contributed by atoms with Gasteiger partial charge in [-0.05, 0) is 18.8 Å². The summed E-state index contributed by atoms with van der Waals surface area (Å²) in [4.78, 5) is 4.31. The first-order chi connectivity index (χ1) is 3.79. The highest BCUT2D eigenvalue weighted by Gasteiger charge is 2.18. The number of hydrogen-bond acceptors (Lipinski definition) is 1. The molecular formula is C7H13N. The van der Waals surface area contributed by atoms with Crippen LogP contribution in [0.1, 0.15) is 26.7 Å². The van der Waals surface area contributed by atoms with Gasteiger partial charge in [0, 0.05) is 12.3 Å². The fraction of sp³-hybridized carbons (Fsp3) is 0.857. The minimum absolute atomic E-state index is 0.635. The van der Waals surface area contributed by atoms with Gasteiger partial charge < -0.3 is 0 Å². The zero-order valence-electron chi connectivity index (χ0n) is 5.59. The normalized spacial score (nSPS) is 20.9. The van der Waals surface area contributed by atoms with Gasteiger partial charge >= 0.3 is 0 Å². The number of hydrogen-bond donors (Lipinski definition) is 0. The van der Waals surface area contributed by atoms with Crippen LogP contribution in [0.2, 0.25) is 0 Å². The third-order valence-corrected chi connectivity index (χ3v) is 1.14. The Hall–Kier alpha value is -0.330. The van der Waals surface area contributed by atoms with Gasteiger partial charge in [0.15, 0.2) is 0 Å². The van der Waals surface area contributed by atoms with Crippen LogP contribution in [0, 0.1) is 5.92 Å². The zero-order chi connectivity index (χ0) is 5.98. The lowest BCUT2D eigenvalue weighted by atomic mass is 10.2. The minimum atomic E-state index is 0.635. The van der Waals surface area contributed by atoms with Crippen LogP contribution in [0.5, 0.6) is 0 Å². The van der Waals surface area contributed by atoms with Crippen molar-refractivity contribution < 1.29 is 0 Å². The van der Waals surface area contributed by atoms with E-state index in [4.69, 9.17) is 0 Å². The van der Waals surface area contributed by atoms with E-state index in [1.54, 1.807) is 0 Å². The van der Waals surface area contributed by atoms with E-state index >= 15 is 0 Å². The molecule has 0 atom stereocenters. The van der Waals surface area contributed by atoms with Gasteiger partial charge in [-0.3, -0.25) is 4.99 Å². The van der Waals surface area contributed by atoms with Gasteiger partial charge in [0.25, 0.3) is 0 Å². The molecule has 0 amide bonds. The van der Waals surface area contributed by atoms with Gasteiger partial charge in [-0.15, -0.1) is 0 Å². The van der Waals surface area contributed by atoms with Gasteiger partial charge in [-0.2, -0.15) is 0 Å². The van der Waals surface area contributed by atoms with E-state index in [1.165, 1.54) is 12.8 Å². The van der Waals surface area contributed by atoms with Crippen LogP contribution < -0.4 is 0 Å². The third-order valence-electron chi connectivity index (χ3n) is 1.14. The second kappa shape index (κ2) is 2.29. The fourth-order valence-corrected chi connectivity index (χ4v) is 0.517. The Balaban J connectivity index is 2.13. The van der Waals surface area contributed by atoms with E-state index in [1.807, 2.05) is 0 Å². The molecule has 46 valence electrons. The zero-order valence-corrected chi connectivity index (χ0v) is 5.59. The van der Waals surface area contributed by atoms with E-state index in [-0.39, 0.29) is 0 Å². The lowest BCUT2D eigenvalue weighted by Crippen LogP contribution is -1.87. The maximum Gasteiger partial charge on any atom is 0.0497 e. The van der Waals surface area contributed by atoms with Crippen LogP contribution in [-0.4, -0.2) is 12.3 Å². The van der Waals surface area contributed by atoms with Crippen molar-refractivity contribution in [2.45, 2.75) is 32.7 Å². The van der Waals surface area contributed by atoms with Gasteiger partial charge in [-0.1, -0.05) is 13.8 Å². The molecule has 8 heavy (non-hydrogen) atoms. The molecule has 0 aromatic rings. The molecule has 0 aromatic carbocycles. The highest BCUT2D eigenvalue weighted by Crippen LogP contribution is 2.22. The van der Waals surface area contributed by atoms with E-state index in [0.29, 0.717) is 12.0 Å². The smallest absolute Gasteiger partial charge is 0.0497 e. The van der Waals surface area contributed by atoms with Gasteiger partial charge in [0.05, 0.1) is 0 Å². The predicted molar refractivity (Wildman–Crippen MR) is 36.4 cm³/mol. The first-order valence-electron chi connectivity index (χ1n) is 3.32. The average molecular weight is 111 g/mol. The highest BCUT2D eigenvalue weighted by molar-refractivity contribution is 5.60. The highest BCUT2D eigenvalue weighted by atomic mass is 14.8. The van der Waals surface area contributed by atoms with Crippen molar-refractivity contribution in [1.82, 2.24) is 0 Å². The maximum atomic E-state index is 4.31. The van der Waals surface area contributed by atoms with Gasteiger partial charge in [0.1, 0.15) is 0 Å². The van der Waals surface area contributed by atoms with Crippen LogP contribution in [0.3, 0.4) is 0 Å². The molecule has 0 saturated heterocycles. The molecule has 0 N–H and O–H groups in total. The van der Waals surface area contributed by atoms with Crippen molar-refractivity contribution in [3.8, 4) is 0 Å². The van der Waals surface area contributed by atoms with Crippen LogP contribution in [0.4, 0.5) is 0 Å². The largest absolute Gasteiger partial charge is 0.294 e. The lowest BCUT2D eigenvalue weighted by molar-refractivity contribution is 0.891. The van der Waals surface area contributed by atoms with Crippen LogP contribution in [-0.2, 0) is 0 Å². The molecule has 1 rings (SSSR count). The topological polar surface area (TPSA) is 12.4 Å². The summed E-state index contributed by atoms with van der Waals surface area (Å²) in [6.07, 6.45) is 4.70. The van der Waals surface area contributed by atoms with E-state index in [0.717, 1.165) is 0 Å².